The Bertz CT molecular complexity index is 724. The topological polar surface area (TPSA) is 65.7 Å². The van der Waals surface area contributed by atoms with E-state index in [0.29, 0.717) is 12.8 Å². The van der Waals surface area contributed by atoms with Crippen molar-refractivity contribution in [3.05, 3.63) is 35.4 Å². The van der Waals surface area contributed by atoms with Crippen LogP contribution in [0.15, 0.2) is 24.3 Å². The zero-order valence-electron chi connectivity index (χ0n) is 13.9. The van der Waals surface area contributed by atoms with Crippen molar-refractivity contribution in [2.45, 2.75) is 43.4 Å². The van der Waals surface area contributed by atoms with E-state index in [9.17, 15) is 5.11 Å². The Balaban J connectivity index is 1.82. The standard InChI is InChI=1S/C19H22N2O3/c1-23-15-4-3-13-12-21(9-2-8-20)10-7-19-6-5-14(22)11-16(19)24-18(15)17(13)19/h3-6,14,16,22H,2,7,9-12H2,1H3/t14-,16?,19?/m0/s1. The predicted molar refractivity (Wildman–Crippen MR) is 89.0 cm³/mol. The van der Waals surface area contributed by atoms with E-state index in [2.05, 4.69) is 23.1 Å². The Morgan fingerprint density at radius 3 is 3.17 bits per heavy atom. The second-order valence-electron chi connectivity index (χ2n) is 6.87. The average Bonchev–Trinajstić information content (AvgIpc) is 2.83. The molecule has 2 unspecified atom stereocenters. The molecule has 4 rings (SSSR count). The molecule has 0 saturated heterocycles. The van der Waals surface area contributed by atoms with Gasteiger partial charge >= 0.3 is 0 Å². The molecule has 24 heavy (non-hydrogen) atoms. The highest BCUT2D eigenvalue weighted by molar-refractivity contribution is 5.60. The molecule has 1 N–H and O–H groups in total. The molecular formula is C19H22N2O3. The van der Waals surface area contributed by atoms with E-state index in [-0.39, 0.29) is 11.5 Å². The highest BCUT2D eigenvalue weighted by Crippen LogP contribution is 2.55. The van der Waals surface area contributed by atoms with Crippen LogP contribution < -0.4 is 9.47 Å². The van der Waals surface area contributed by atoms with E-state index in [1.165, 1.54) is 11.1 Å². The summed E-state index contributed by atoms with van der Waals surface area (Å²) >= 11 is 0. The van der Waals surface area contributed by atoms with Gasteiger partial charge in [-0.1, -0.05) is 18.2 Å². The molecule has 0 amide bonds. The van der Waals surface area contributed by atoms with Crippen molar-refractivity contribution in [3.63, 3.8) is 0 Å². The Labute approximate surface area is 142 Å². The van der Waals surface area contributed by atoms with Crippen LogP contribution >= 0.6 is 0 Å². The first kappa shape index (κ1) is 15.5. The lowest BCUT2D eigenvalue weighted by Crippen LogP contribution is -2.43. The van der Waals surface area contributed by atoms with Gasteiger partial charge in [-0.3, -0.25) is 4.90 Å². The number of nitrogens with zero attached hydrogens (tertiary/aromatic N) is 2. The monoisotopic (exact) mass is 326 g/mol. The summed E-state index contributed by atoms with van der Waals surface area (Å²) in [4.78, 5) is 2.34. The zero-order chi connectivity index (χ0) is 16.7. The maximum absolute atomic E-state index is 10.1. The molecule has 0 radical (unpaired) electrons. The second-order valence-corrected chi connectivity index (χ2v) is 6.87. The van der Waals surface area contributed by atoms with Crippen LogP contribution in [0.5, 0.6) is 11.5 Å². The molecule has 5 nitrogen and oxygen atoms in total. The van der Waals surface area contributed by atoms with Crippen molar-refractivity contribution in [1.29, 1.82) is 5.26 Å². The third-order valence-corrected chi connectivity index (χ3v) is 5.57. The number of methoxy groups -OCH3 is 1. The van der Waals surface area contributed by atoms with Gasteiger partial charge in [0, 0.05) is 31.5 Å². The Morgan fingerprint density at radius 2 is 2.38 bits per heavy atom. The van der Waals surface area contributed by atoms with Crippen LogP contribution in [-0.2, 0) is 12.0 Å². The fraction of sp³-hybridized carbons (Fsp3) is 0.526. The second kappa shape index (κ2) is 5.80. The van der Waals surface area contributed by atoms with Crippen molar-refractivity contribution in [3.8, 4) is 17.6 Å². The Morgan fingerprint density at radius 1 is 1.50 bits per heavy atom. The number of ether oxygens (including phenoxy) is 2. The first-order valence-electron chi connectivity index (χ1n) is 8.51. The number of nitriles is 1. The normalized spacial score (nSPS) is 30.7. The Kier molecular flexibility index (Phi) is 3.75. The van der Waals surface area contributed by atoms with E-state index < -0.39 is 6.10 Å². The van der Waals surface area contributed by atoms with Crippen molar-refractivity contribution < 1.29 is 14.6 Å². The van der Waals surface area contributed by atoms with Crippen LogP contribution in [0.3, 0.4) is 0 Å². The predicted octanol–water partition coefficient (Wildman–Crippen LogP) is 2.13. The molecule has 126 valence electrons. The number of hydrogen-bond acceptors (Lipinski definition) is 5. The van der Waals surface area contributed by atoms with Crippen LogP contribution in [0, 0.1) is 11.3 Å². The van der Waals surface area contributed by atoms with Gasteiger partial charge < -0.3 is 14.6 Å². The number of aliphatic hydroxyl groups excluding tert-OH is 1. The molecule has 2 aliphatic heterocycles. The summed E-state index contributed by atoms with van der Waals surface area (Å²) < 4.78 is 11.8. The third-order valence-electron chi connectivity index (χ3n) is 5.57. The van der Waals surface area contributed by atoms with Gasteiger partial charge in [-0.15, -0.1) is 0 Å². The van der Waals surface area contributed by atoms with Crippen molar-refractivity contribution >= 4 is 0 Å². The van der Waals surface area contributed by atoms with Gasteiger partial charge in [0.1, 0.15) is 6.10 Å². The van der Waals surface area contributed by atoms with Crippen LogP contribution in [0.2, 0.25) is 0 Å². The van der Waals surface area contributed by atoms with Crippen molar-refractivity contribution in [2.75, 3.05) is 20.2 Å². The van der Waals surface area contributed by atoms with Gasteiger partial charge in [-0.05, 0) is 24.6 Å². The summed E-state index contributed by atoms with van der Waals surface area (Å²) in [5.41, 5.74) is 2.26. The molecule has 0 saturated carbocycles. The molecule has 0 bridgehead atoms. The smallest absolute Gasteiger partial charge is 0.166 e. The summed E-state index contributed by atoms with van der Waals surface area (Å²) in [6, 6.07) is 6.33. The lowest BCUT2D eigenvalue weighted by molar-refractivity contribution is 0.0811. The first-order valence-corrected chi connectivity index (χ1v) is 8.51. The maximum atomic E-state index is 10.1. The minimum Gasteiger partial charge on any atom is -0.493 e. The van der Waals surface area contributed by atoms with Gasteiger partial charge in [0.05, 0.1) is 24.7 Å². The molecule has 0 aromatic heterocycles. The summed E-state index contributed by atoms with van der Waals surface area (Å²) in [6.07, 6.45) is 5.61. The molecule has 2 heterocycles. The molecule has 0 fully saturated rings. The quantitative estimate of drug-likeness (QED) is 0.862. The lowest BCUT2D eigenvalue weighted by Gasteiger charge is -2.35. The minimum absolute atomic E-state index is 0.0570. The Hall–Kier alpha value is -2.03. The van der Waals surface area contributed by atoms with E-state index in [1.54, 1.807) is 7.11 Å². The number of aliphatic hydroxyl groups is 1. The van der Waals surface area contributed by atoms with Crippen LogP contribution in [0.25, 0.3) is 0 Å². The van der Waals surface area contributed by atoms with Crippen LogP contribution in [0.4, 0.5) is 0 Å². The van der Waals surface area contributed by atoms with Gasteiger partial charge in [0.25, 0.3) is 0 Å². The van der Waals surface area contributed by atoms with E-state index in [0.717, 1.165) is 37.6 Å². The first-order chi connectivity index (χ1) is 11.7. The van der Waals surface area contributed by atoms with Crippen LogP contribution in [0.1, 0.15) is 30.4 Å². The summed E-state index contributed by atoms with van der Waals surface area (Å²) in [7, 11) is 1.66. The third kappa shape index (κ3) is 2.21. The number of rotatable bonds is 3. The molecule has 1 aliphatic carbocycles. The summed E-state index contributed by atoms with van der Waals surface area (Å²) in [5, 5.41) is 19.0. The fourth-order valence-electron chi connectivity index (χ4n) is 4.39. The highest BCUT2D eigenvalue weighted by Gasteiger charge is 2.52. The molecule has 3 atom stereocenters. The fourth-order valence-corrected chi connectivity index (χ4v) is 4.39. The molecule has 1 aromatic carbocycles. The average molecular weight is 326 g/mol. The summed E-state index contributed by atoms with van der Waals surface area (Å²) in [5.74, 6) is 1.59. The van der Waals surface area contributed by atoms with Gasteiger partial charge in [-0.2, -0.15) is 5.26 Å². The lowest BCUT2D eigenvalue weighted by atomic mass is 9.69. The van der Waals surface area contributed by atoms with Gasteiger partial charge in [-0.25, -0.2) is 0 Å². The van der Waals surface area contributed by atoms with Crippen molar-refractivity contribution in [2.24, 2.45) is 0 Å². The maximum Gasteiger partial charge on any atom is 0.166 e. The van der Waals surface area contributed by atoms with Gasteiger partial charge in [0.15, 0.2) is 11.5 Å². The van der Waals surface area contributed by atoms with E-state index in [1.807, 2.05) is 12.1 Å². The van der Waals surface area contributed by atoms with Crippen LogP contribution in [-0.4, -0.2) is 42.4 Å². The van der Waals surface area contributed by atoms with E-state index >= 15 is 0 Å². The van der Waals surface area contributed by atoms with Crippen molar-refractivity contribution in [1.82, 2.24) is 4.90 Å². The number of benzene rings is 1. The van der Waals surface area contributed by atoms with Gasteiger partial charge in [0.2, 0.25) is 0 Å². The van der Waals surface area contributed by atoms with E-state index in [4.69, 9.17) is 14.7 Å². The summed E-state index contributed by atoms with van der Waals surface area (Å²) in [6.45, 7) is 2.52. The minimum atomic E-state index is -0.456. The molecular weight excluding hydrogens is 304 g/mol. The highest BCUT2D eigenvalue weighted by atomic mass is 16.5. The molecule has 1 aromatic rings. The SMILES string of the molecule is COc1ccc2c3c1OC1C[C@@H](O)C=CC31CCN(CCC#N)C2. The number of hydrogen-bond donors (Lipinski definition) is 1. The molecule has 5 heteroatoms. The molecule has 3 aliphatic rings. The largest absolute Gasteiger partial charge is 0.493 e. The zero-order valence-corrected chi connectivity index (χ0v) is 13.9. The molecule has 1 spiro atoms.